The van der Waals surface area contributed by atoms with Gasteiger partial charge in [0.1, 0.15) is 0 Å². The lowest BCUT2D eigenvalue weighted by Gasteiger charge is -2.42. The third kappa shape index (κ3) is 4.22. The smallest absolute Gasteiger partial charge is 0.307 e. The molecular formula is C28H30N2O7. The monoisotopic (exact) mass is 506 g/mol. The minimum Gasteiger partial charge on any atom is -0.493 e. The Hall–Kier alpha value is -3.88. The number of ether oxygens (including phenoxy) is 2. The molecule has 0 unspecified atom stereocenters. The van der Waals surface area contributed by atoms with Crippen LogP contribution in [0, 0.1) is 11.8 Å². The number of benzene rings is 2. The first-order valence-corrected chi connectivity index (χ1v) is 12.6. The van der Waals surface area contributed by atoms with Gasteiger partial charge in [0, 0.05) is 6.54 Å². The van der Waals surface area contributed by atoms with Crippen LogP contribution in [0.15, 0.2) is 36.4 Å². The molecule has 37 heavy (non-hydrogen) atoms. The first-order valence-electron chi connectivity index (χ1n) is 12.6. The molecule has 3 amide bonds. The summed E-state index contributed by atoms with van der Waals surface area (Å²) in [5.41, 5.74) is 2.37. The molecule has 2 aromatic rings. The van der Waals surface area contributed by atoms with Crippen LogP contribution < -0.4 is 9.47 Å². The van der Waals surface area contributed by atoms with E-state index in [0.29, 0.717) is 48.4 Å². The van der Waals surface area contributed by atoms with Crippen molar-refractivity contribution in [3.05, 3.63) is 58.7 Å². The molecule has 0 spiro atoms. The molecule has 3 aliphatic rings. The Morgan fingerprint density at radius 1 is 0.946 bits per heavy atom. The van der Waals surface area contributed by atoms with Gasteiger partial charge in [-0.25, -0.2) is 0 Å². The third-order valence-electron chi connectivity index (χ3n) is 7.92. The maximum Gasteiger partial charge on any atom is 0.307 e. The summed E-state index contributed by atoms with van der Waals surface area (Å²) in [5.74, 6) is -2.36. The molecule has 2 heterocycles. The van der Waals surface area contributed by atoms with Crippen LogP contribution in [-0.4, -0.2) is 65.9 Å². The van der Waals surface area contributed by atoms with Gasteiger partial charge >= 0.3 is 5.97 Å². The van der Waals surface area contributed by atoms with E-state index < -0.39 is 35.7 Å². The van der Waals surface area contributed by atoms with E-state index in [1.807, 2.05) is 6.07 Å². The van der Waals surface area contributed by atoms with Crippen LogP contribution in [0.5, 0.6) is 11.5 Å². The number of methoxy groups -OCH3 is 2. The van der Waals surface area contributed by atoms with Crippen LogP contribution in [0.1, 0.15) is 63.6 Å². The second kappa shape index (κ2) is 9.88. The molecule has 1 N–H and O–H groups in total. The predicted molar refractivity (Wildman–Crippen MR) is 133 cm³/mol. The maximum atomic E-state index is 13.9. The van der Waals surface area contributed by atoms with Crippen LogP contribution in [0.4, 0.5) is 0 Å². The molecule has 0 bridgehead atoms. The van der Waals surface area contributed by atoms with Crippen LogP contribution in [0.3, 0.4) is 0 Å². The molecule has 0 saturated heterocycles. The number of carbonyl (C=O) groups excluding carboxylic acids is 3. The van der Waals surface area contributed by atoms with Crippen molar-refractivity contribution in [1.82, 2.24) is 9.80 Å². The normalized spacial score (nSPS) is 22.9. The lowest BCUT2D eigenvalue weighted by atomic mass is 9.77. The number of imide groups is 1. The molecule has 194 valence electrons. The molecule has 0 radical (unpaired) electrons. The lowest BCUT2D eigenvalue weighted by molar-refractivity contribution is -0.153. The molecule has 9 nitrogen and oxygen atoms in total. The van der Waals surface area contributed by atoms with Gasteiger partial charge in [-0.05, 0) is 54.7 Å². The maximum absolute atomic E-state index is 13.9. The third-order valence-corrected chi connectivity index (χ3v) is 7.92. The molecule has 2 aromatic carbocycles. The van der Waals surface area contributed by atoms with Gasteiger partial charge in [-0.15, -0.1) is 0 Å². The summed E-state index contributed by atoms with van der Waals surface area (Å²) in [7, 11) is 3.07. The number of carboxylic acids is 1. The van der Waals surface area contributed by atoms with Crippen molar-refractivity contribution >= 4 is 23.7 Å². The van der Waals surface area contributed by atoms with Crippen LogP contribution in [0.2, 0.25) is 0 Å². The van der Waals surface area contributed by atoms with Gasteiger partial charge in [-0.3, -0.25) is 24.1 Å². The van der Waals surface area contributed by atoms with Gasteiger partial charge in [0.15, 0.2) is 11.5 Å². The number of rotatable bonds is 6. The summed E-state index contributed by atoms with van der Waals surface area (Å²) in [6.07, 6.45) is 3.07. The van der Waals surface area contributed by atoms with Crippen LogP contribution in [0.25, 0.3) is 0 Å². The average Bonchev–Trinajstić information content (AvgIpc) is 3.16. The van der Waals surface area contributed by atoms with Gasteiger partial charge in [-0.1, -0.05) is 25.0 Å². The van der Waals surface area contributed by atoms with E-state index in [1.165, 1.54) is 12.0 Å². The van der Waals surface area contributed by atoms with Crippen molar-refractivity contribution in [2.45, 2.75) is 38.1 Å². The second-order valence-electron chi connectivity index (χ2n) is 9.81. The fraction of sp³-hybridized carbons (Fsp3) is 0.429. The number of amides is 3. The first-order chi connectivity index (χ1) is 17.8. The summed E-state index contributed by atoms with van der Waals surface area (Å²) < 4.78 is 11.0. The number of carboxylic acid groups (broad SMARTS) is 1. The lowest BCUT2D eigenvalue weighted by Crippen LogP contribution is -2.50. The Balaban J connectivity index is 1.55. The molecule has 9 heteroatoms. The van der Waals surface area contributed by atoms with E-state index in [2.05, 4.69) is 0 Å². The average molecular weight is 507 g/mol. The van der Waals surface area contributed by atoms with Crippen molar-refractivity contribution in [3.63, 3.8) is 0 Å². The number of carbonyl (C=O) groups is 4. The largest absolute Gasteiger partial charge is 0.493 e. The highest BCUT2D eigenvalue weighted by atomic mass is 16.5. The zero-order valence-electron chi connectivity index (χ0n) is 20.9. The second-order valence-corrected chi connectivity index (χ2v) is 9.81. The molecule has 2 aliphatic heterocycles. The molecule has 0 aromatic heterocycles. The number of hydrogen-bond donors (Lipinski definition) is 1. The van der Waals surface area contributed by atoms with E-state index in [0.717, 1.165) is 24.0 Å². The van der Waals surface area contributed by atoms with Crippen LogP contribution in [-0.2, 0) is 16.0 Å². The van der Waals surface area contributed by atoms with Gasteiger partial charge in [0.2, 0.25) is 5.91 Å². The Kier molecular flexibility index (Phi) is 6.62. The van der Waals surface area contributed by atoms with E-state index in [-0.39, 0.29) is 12.5 Å². The van der Waals surface area contributed by atoms with Crippen molar-refractivity contribution in [2.75, 3.05) is 27.3 Å². The summed E-state index contributed by atoms with van der Waals surface area (Å²) in [6.45, 7) is 0.309. The molecule has 5 rings (SSSR count). The minimum atomic E-state index is -0.959. The molecule has 1 saturated carbocycles. The summed E-state index contributed by atoms with van der Waals surface area (Å²) in [5, 5.41) is 9.81. The van der Waals surface area contributed by atoms with Crippen molar-refractivity contribution in [3.8, 4) is 11.5 Å². The van der Waals surface area contributed by atoms with Gasteiger partial charge in [0.25, 0.3) is 11.8 Å². The van der Waals surface area contributed by atoms with Gasteiger partial charge in [-0.2, -0.15) is 0 Å². The van der Waals surface area contributed by atoms with E-state index >= 15 is 0 Å². The Labute approximate surface area is 214 Å². The zero-order valence-corrected chi connectivity index (χ0v) is 20.9. The zero-order chi connectivity index (χ0) is 26.3. The highest BCUT2D eigenvalue weighted by Gasteiger charge is 2.44. The van der Waals surface area contributed by atoms with E-state index in [9.17, 15) is 24.3 Å². The Morgan fingerprint density at radius 2 is 1.54 bits per heavy atom. The highest BCUT2D eigenvalue weighted by Crippen LogP contribution is 2.41. The summed E-state index contributed by atoms with van der Waals surface area (Å²) >= 11 is 0. The van der Waals surface area contributed by atoms with Crippen LogP contribution >= 0.6 is 0 Å². The fourth-order valence-corrected chi connectivity index (χ4v) is 6.00. The SMILES string of the molecule is COc1cc2c(cc1OC)[C@H](CN1C(=O)c3ccccc3C1=O)N(C(=O)[C@H]1CCCC[C@H]1C(=O)O)CC2. The Morgan fingerprint density at radius 3 is 2.14 bits per heavy atom. The molecule has 1 fully saturated rings. The standard InChI is InChI=1S/C28H30N2O7/c1-36-23-13-16-11-12-29(25(31)19-9-5-6-10-20(19)28(34)35)22(21(16)14-24(23)37-2)15-30-26(32)17-7-3-4-8-18(17)27(30)33/h3-4,7-8,13-14,19-20,22H,5-6,9-12,15H2,1-2H3,(H,34,35)/t19-,20+,22-/m0/s1. The number of aliphatic carboxylic acids is 1. The molecular weight excluding hydrogens is 476 g/mol. The quantitative estimate of drug-likeness (QED) is 0.598. The Bertz CT molecular complexity index is 1240. The summed E-state index contributed by atoms with van der Waals surface area (Å²) in [4.78, 5) is 55.2. The number of nitrogens with zero attached hydrogens (tertiary/aromatic N) is 2. The van der Waals surface area contributed by atoms with E-state index in [1.54, 1.807) is 42.3 Å². The van der Waals surface area contributed by atoms with Crippen molar-refractivity contribution in [1.29, 1.82) is 0 Å². The van der Waals surface area contributed by atoms with Gasteiger partial charge in [0.05, 0.1) is 49.8 Å². The van der Waals surface area contributed by atoms with E-state index in [4.69, 9.17) is 9.47 Å². The highest BCUT2D eigenvalue weighted by molar-refractivity contribution is 6.21. The van der Waals surface area contributed by atoms with Gasteiger partial charge < -0.3 is 19.5 Å². The van der Waals surface area contributed by atoms with Crippen molar-refractivity contribution < 1.29 is 33.8 Å². The van der Waals surface area contributed by atoms with Crippen molar-refractivity contribution in [2.24, 2.45) is 11.8 Å². The number of fused-ring (bicyclic) bond motifs is 2. The number of hydrogen-bond acceptors (Lipinski definition) is 6. The minimum absolute atomic E-state index is 0.0367. The molecule has 1 aliphatic carbocycles. The fourth-order valence-electron chi connectivity index (χ4n) is 6.00. The predicted octanol–water partition coefficient (Wildman–Crippen LogP) is 3.32. The first kappa shape index (κ1) is 24.8. The topological polar surface area (TPSA) is 113 Å². The summed E-state index contributed by atoms with van der Waals surface area (Å²) in [6, 6.07) is 9.70. The molecule has 3 atom stereocenters.